The summed E-state index contributed by atoms with van der Waals surface area (Å²) in [6.07, 6.45) is 7.86. The van der Waals surface area contributed by atoms with Crippen LogP contribution in [0.5, 0.6) is 11.5 Å². The molecule has 0 unspecified atom stereocenters. The topological polar surface area (TPSA) is 21.7 Å². The van der Waals surface area contributed by atoms with Crippen LogP contribution in [0, 0.1) is 11.3 Å². The fourth-order valence-corrected chi connectivity index (χ4v) is 4.61. The molecular weight excluding hydrogens is 310 g/mol. The molecule has 0 spiro atoms. The molecule has 2 atom stereocenters. The number of ether oxygens (including phenoxy) is 2. The summed E-state index contributed by atoms with van der Waals surface area (Å²) in [4.78, 5) is 2.72. The fraction of sp³-hybridized carbons (Fsp3) is 0.727. The molecule has 0 aromatic heterocycles. The van der Waals surface area contributed by atoms with Gasteiger partial charge in [0.2, 0.25) is 0 Å². The van der Waals surface area contributed by atoms with Gasteiger partial charge in [0.25, 0.3) is 0 Å². The maximum absolute atomic E-state index is 5.54. The van der Waals surface area contributed by atoms with Crippen molar-refractivity contribution in [3.8, 4) is 11.5 Å². The van der Waals surface area contributed by atoms with Gasteiger partial charge in [0.1, 0.15) is 0 Å². The molecule has 2 aliphatic heterocycles. The fourth-order valence-electron chi connectivity index (χ4n) is 4.61. The average molecular weight is 346 g/mol. The summed E-state index contributed by atoms with van der Waals surface area (Å²) in [7, 11) is 3.46. The highest BCUT2D eigenvalue weighted by Gasteiger charge is 2.34. The Labute approximate surface area is 153 Å². The Morgan fingerprint density at radius 1 is 1.08 bits per heavy atom. The molecule has 0 bridgehead atoms. The Morgan fingerprint density at radius 3 is 2.48 bits per heavy atom. The molecule has 25 heavy (non-hydrogen) atoms. The van der Waals surface area contributed by atoms with Gasteiger partial charge in [-0.25, -0.2) is 0 Å². The van der Waals surface area contributed by atoms with E-state index in [-0.39, 0.29) is 0 Å². The van der Waals surface area contributed by atoms with Crippen molar-refractivity contribution in [3.63, 3.8) is 0 Å². The zero-order valence-corrected chi connectivity index (χ0v) is 16.7. The number of fused-ring (bicyclic) bond motifs is 3. The van der Waals surface area contributed by atoms with Gasteiger partial charge in [-0.3, -0.25) is 4.90 Å². The number of piperidine rings is 1. The van der Waals surface area contributed by atoms with E-state index < -0.39 is 0 Å². The quantitative estimate of drug-likeness (QED) is 0.729. The molecule has 1 aromatic carbocycles. The van der Waals surface area contributed by atoms with Crippen LogP contribution >= 0.6 is 0 Å². The first-order valence-corrected chi connectivity index (χ1v) is 9.90. The molecule has 0 radical (unpaired) electrons. The van der Waals surface area contributed by atoms with Crippen molar-refractivity contribution in [3.05, 3.63) is 23.3 Å². The van der Waals surface area contributed by atoms with Crippen LogP contribution in [0.25, 0.3) is 0 Å². The lowest BCUT2D eigenvalue weighted by atomic mass is 9.80. The first-order valence-electron chi connectivity index (χ1n) is 9.90. The molecule has 140 valence electrons. The van der Waals surface area contributed by atoms with E-state index in [1.165, 1.54) is 56.3 Å². The molecule has 3 heteroatoms. The van der Waals surface area contributed by atoms with Gasteiger partial charge in [-0.2, -0.15) is 0 Å². The number of hydrogen-bond donors (Lipinski definition) is 0. The van der Waals surface area contributed by atoms with E-state index in [9.17, 15) is 0 Å². The average Bonchev–Trinajstić information content (AvgIpc) is 2.59. The van der Waals surface area contributed by atoms with Crippen molar-refractivity contribution in [1.29, 1.82) is 0 Å². The number of hydrogen-bond acceptors (Lipinski definition) is 3. The number of benzene rings is 1. The lowest BCUT2D eigenvalue weighted by Crippen LogP contribution is -2.42. The van der Waals surface area contributed by atoms with Crippen molar-refractivity contribution in [2.75, 3.05) is 27.3 Å². The second-order valence-electron chi connectivity index (χ2n) is 9.06. The van der Waals surface area contributed by atoms with E-state index >= 15 is 0 Å². The van der Waals surface area contributed by atoms with E-state index in [1.807, 2.05) is 0 Å². The summed E-state index contributed by atoms with van der Waals surface area (Å²) in [6.45, 7) is 9.51. The van der Waals surface area contributed by atoms with Crippen LogP contribution in [-0.4, -0.2) is 32.2 Å². The van der Waals surface area contributed by atoms with Crippen LogP contribution in [0.4, 0.5) is 0 Å². The van der Waals surface area contributed by atoms with Gasteiger partial charge in [0.15, 0.2) is 11.5 Å². The third-order valence-corrected chi connectivity index (χ3v) is 5.99. The van der Waals surface area contributed by atoms with E-state index in [1.54, 1.807) is 14.2 Å². The van der Waals surface area contributed by atoms with Crippen LogP contribution in [0.2, 0.25) is 0 Å². The Kier molecular flexibility index (Phi) is 5.62. The van der Waals surface area contributed by atoms with Crippen molar-refractivity contribution < 1.29 is 9.47 Å². The summed E-state index contributed by atoms with van der Waals surface area (Å²) in [5.41, 5.74) is 3.39. The van der Waals surface area contributed by atoms with Crippen LogP contribution < -0.4 is 9.47 Å². The van der Waals surface area contributed by atoms with Crippen LogP contribution in [0.1, 0.15) is 70.0 Å². The van der Waals surface area contributed by atoms with E-state index in [4.69, 9.17) is 9.47 Å². The largest absolute Gasteiger partial charge is 0.493 e. The van der Waals surface area contributed by atoms with Gasteiger partial charge in [-0.1, -0.05) is 27.2 Å². The molecule has 1 fully saturated rings. The SMILES string of the molecule is COc1cc2c(cc1OC)[C@H]1CC[C@H](CCCC(C)(C)C)CN1CC2. The summed E-state index contributed by atoms with van der Waals surface area (Å²) in [6, 6.07) is 4.99. The first kappa shape index (κ1) is 18.6. The normalized spacial score (nSPS) is 23.7. The maximum Gasteiger partial charge on any atom is 0.161 e. The van der Waals surface area contributed by atoms with Gasteiger partial charge in [-0.05, 0) is 66.7 Å². The number of methoxy groups -OCH3 is 2. The Morgan fingerprint density at radius 2 is 1.80 bits per heavy atom. The second-order valence-corrected chi connectivity index (χ2v) is 9.06. The van der Waals surface area contributed by atoms with Crippen LogP contribution in [-0.2, 0) is 6.42 Å². The minimum absolute atomic E-state index is 0.469. The van der Waals surface area contributed by atoms with Crippen molar-refractivity contribution in [1.82, 2.24) is 4.90 Å². The Bertz CT molecular complexity index is 590. The third-order valence-electron chi connectivity index (χ3n) is 5.99. The minimum atomic E-state index is 0.469. The minimum Gasteiger partial charge on any atom is -0.493 e. The molecule has 0 saturated carbocycles. The molecule has 1 saturated heterocycles. The second kappa shape index (κ2) is 7.57. The highest BCUT2D eigenvalue weighted by atomic mass is 16.5. The van der Waals surface area contributed by atoms with Crippen molar-refractivity contribution in [2.24, 2.45) is 11.3 Å². The molecule has 2 heterocycles. The molecule has 0 amide bonds. The van der Waals surface area contributed by atoms with Crippen molar-refractivity contribution >= 4 is 0 Å². The van der Waals surface area contributed by atoms with E-state index in [0.29, 0.717) is 11.5 Å². The lowest BCUT2D eigenvalue weighted by molar-refractivity contribution is 0.0922. The number of rotatable bonds is 5. The zero-order chi connectivity index (χ0) is 18.0. The smallest absolute Gasteiger partial charge is 0.161 e. The van der Waals surface area contributed by atoms with Crippen LogP contribution in [0.3, 0.4) is 0 Å². The molecule has 0 N–H and O–H groups in total. The molecule has 0 aliphatic carbocycles. The molecule has 2 aliphatic rings. The standard InChI is InChI=1S/C22H35NO2/c1-22(2,3)11-6-7-16-8-9-19-18-14-21(25-5)20(24-4)13-17(18)10-12-23(19)15-16/h13-14,16,19H,6-12,15H2,1-5H3/t16-,19+/m0/s1. The van der Waals surface area contributed by atoms with Gasteiger partial charge >= 0.3 is 0 Å². The molecule has 3 rings (SSSR count). The van der Waals surface area contributed by atoms with E-state index in [0.717, 1.165) is 23.8 Å². The Balaban J connectivity index is 1.66. The summed E-state index contributed by atoms with van der Waals surface area (Å²) >= 11 is 0. The van der Waals surface area contributed by atoms with Gasteiger partial charge in [-0.15, -0.1) is 0 Å². The maximum atomic E-state index is 5.54. The first-order chi connectivity index (χ1) is 11.9. The predicted octanol–water partition coefficient (Wildman–Crippen LogP) is 5.23. The van der Waals surface area contributed by atoms with Crippen molar-refractivity contribution in [2.45, 2.75) is 65.3 Å². The third kappa shape index (κ3) is 4.31. The zero-order valence-electron chi connectivity index (χ0n) is 16.7. The lowest BCUT2D eigenvalue weighted by Gasteiger charge is -2.44. The van der Waals surface area contributed by atoms with Gasteiger partial charge in [0, 0.05) is 19.1 Å². The summed E-state index contributed by atoms with van der Waals surface area (Å²) in [5, 5.41) is 0. The summed E-state index contributed by atoms with van der Waals surface area (Å²) < 4.78 is 11.0. The molecule has 1 aromatic rings. The van der Waals surface area contributed by atoms with Gasteiger partial charge in [0.05, 0.1) is 14.2 Å². The van der Waals surface area contributed by atoms with E-state index in [2.05, 4.69) is 37.8 Å². The monoisotopic (exact) mass is 345 g/mol. The number of nitrogens with zero attached hydrogens (tertiary/aromatic N) is 1. The van der Waals surface area contributed by atoms with Crippen LogP contribution in [0.15, 0.2) is 12.1 Å². The summed E-state index contributed by atoms with van der Waals surface area (Å²) in [5.74, 6) is 2.61. The molecule has 3 nitrogen and oxygen atoms in total. The van der Waals surface area contributed by atoms with Gasteiger partial charge < -0.3 is 9.47 Å². The molecular formula is C22H35NO2. The highest BCUT2D eigenvalue weighted by Crippen LogP contribution is 2.43. The predicted molar refractivity (Wildman–Crippen MR) is 104 cm³/mol. The Hall–Kier alpha value is -1.22. The highest BCUT2D eigenvalue weighted by molar-refractivity contribution is 5.49.